The molecule has 0 rings (SSSR count). The molecule has 196 valence electrons. The zero-order chi connectivity index (χ0) is 27.0. The van der Waals surface area contributed by atoms with E-state index in [0.717, 1.165) is 23.5 Å². The fourth-order valence-electron chi connectivity index (χ4n) is 2.32. The van der Waals surface area contributed by atoms with Crippen molar-refractivity contribution in [2.45, 2.75) is 51.0 Å². The van der Waals surface area contributed by atoms with E-state index in [-0.39, 0.29) is 30.0 Å². The molecule has 0 aliphatic rings. The highest BCUT2D eigenvalue weighted by Crippen LogP contribution is 2.51. The number of thioether (sulfide) groups is 2. The predicted octanol–water partition coefficient (Wildman–Crippen LogP) is 2.86. The summed E-state index contributed by atoms with van der Waals surface area (Å²) >= 11 is 6.89. The maximum atomic E-state index is 13.0. The van der Waals surface area contributed by atoms with Gasteiger partial charge in [-0.3, -0.25) is 19.2 Å². The van der Waals surface area contributed by atoms with Gasteiger partial charge in [-0.15, -0.1) is 0 Å². The molecule has 2 N–H and O–H groups in total. The van der Waals surface area contributed by atoms with Gasteiger partial charge in [0.25, 0.3) is 0 Å². The number of carboxylic acids is 2. The Hall–Kier alpha value is -1.41. The average molecular weight is 543 g/mol. The maximum absolute atomic E-state index is 13.0. The molecule has 0 amide bonds. The Morgan fingerprint density at radius 3 is 1.21 bits per heavy atom. The molecule has 0 fully saturated rings. The number of thiocarbonyl (C=S) groups is 1. The molecule has 34 heavy (non-hydrogen) atoms. The molecule has 10 nitrogen and oxygen atoms in total. The van der Waals surface area contributed by atoms with Crippen LogP contribution in [0.15, 0.2) is 0 Å². The van der Waals surface area contributed by atoms with Gasteiger partial charge in [-0.25, -0.2) is 0 Å². The molecule has 0 heterocycles. The first-order valence-corrected chi connectivity index (χ1v) is 12.2. The van der Waals surface area contributed by atoms with Gasteiger partial charge in [0.2, 0.25) is 0 Å². The lowest BCUT2D eigenvalue weighted by atomic mass is 9.79. The third-order valence-corrected chi connectivity index (χ3v) is 9.35. The van der Waals surface area contributed by atoms with Crippen LogP contribution in [-0.2, 0) is 38.1 Å². The van der Waals surface area contributed by atoms with Crippen LogP contribution in [0.1, 0.15) is 41.5 Å². The van der Waals surface area contributed by atoms with Crippen molar-refractivity contribution in [3.63, 3.8) is 0 Å². The normalized spacial score (nSPS) is 15.5. The van der Waals surface area contributed by atoms with Gasteiger partial charge in [-0.05, 0) is 41.5 Å². The number of hydrogen-bond donors (Lipinski definition) is 2. The molecule has 0 aliphatic carbocycles. The van der Waals surface area contributed by atoms with Crippen molar-refractivity contribution in [1.82, 2.24) is 0 Å². The Morgan fingerprint density at radius 1 is 0.676 bits per heavy atom. The van der Waals surface area contributed by atoms with E-state index in [1.54, 1.807) is 0 Å². The third-order valence-electron chi connectivity index (χ3n) is 5.85. The van der Waals surface area contributed by atoms with E-state index < -0.39 is 44.2 Å². The lowest BCUT2D eigenvalue weighted by molar-refractivity contribution is -0.160. The Labute approximate surface area is 213 Å². The molecule has 0 spiro atoms. The van der Waals surface area contributed by atoms with Crippen LogP contribution in [0.25, 0.3) is 0 Å². The van der Waals surface area contributed by atoms with Gasteiger partial charge in [-0.1, -0.05) is 35.7 Å². The predicted molar refractivity (Wildman–Crippen MR) is 133 cm³/mol. The van der Waals surface area contributed by atoms with E-state index in [9.17, 15) is 29.4 Å². The number of aliphatic carboxylic acids is 2. The van der Waals surface area contributed by atoms with Crippen molar-refractivity contribution in [3.05, 3.63) is 0 Å². The van der Waals surface area contributed by atoms with E-state index in [1.807, 2.05) is 0 Å². The molecule has 2 unspecified atom stereocenters. The molecule has 0 saturated heterocycles. The molecule has 0 saturated carbocycles. The van der Waals surface area contributed by atoms with Crippen molar-refractivity contribution in [1.29, 1.82) is 0 Å². The minimum atomic E-state index is -1.72. The Bertz CT molecular complexity index is 721. The highest BCUT2D eigenvalue weighted by Gasteiger charge is 2.58. The number of hydrogen-bond acceptors (Lipinski definition) is 11. The fourth-order valence-corrected chi connectivity index (χ4v) is 6.12. The number of methoxy groups -OCH3 is 2. The van der Waals surface area contributed by atoms with E-state index >= 15 is 0 Å². The number of rotatable bonds is 14. The van der Waals surface area contributed by atoms with Gasteiger partial charge in [-0.2, -0.15) is 0 Å². The molecule has 2 atom stereocenters. The minimum Gasteiger partial charge on any atom is -0.481 e. The summed E-state index contributed by atoms with van der Waals surface area (Å²) in [5, 5.41) is 19.6. The number of carbonyl (C=O) groups is 4. The summed E-state index contributed by atoms with van der Waals surface area (Å²) in [5.41, 5.74) is -3.30. The second-order valence-electron chi connectivity index (χ2n) is 8.64. The first-order chi connectivity index (χ1) is 15.5. The number of carbonyl (C=O) groups excluding carboxylic acids is 2. The molecular weight excluding hydrogens is 508 g/mol. The molecule has 0 bridgehead atoms. The van der Waals surface area contributed by atoms with Crippen LogP contribution >= 0.6 is 35.7 Å². The Balaban J connectivity index is 6.17. The number of carboxylic acid groups (broad SMARTS) is 2. The van der Waals surface area contributed by atoms with Crippen molar-refractivity contribution in [2.75, 3.05) is 40.6 Å². The fraction of sp³-hybridized carbons (Fsp3) is 0.762. The van der Waals surface area contributed by atoms with Crippen molar-refractivity contribution in [3.8, 4) is 0 Å². The SMILES string of the molecule is COCCOC(=O)C(C)(SC(=S)SC(C)(C(=O)OCCOC)C(C)(C)C(=O)O)C(C)(C)C(=O)O. The zero-order valence-corrected chi connectivity index (χ0v) is 23.2. The van der Waals surface area contributed by atoms with Crippen LogP contribution in [-0.4, -0.2) is 87.8 Å². The van der Waals surface area contributed by atoms with Gasteiger partial charge >= 0.3 is 23.9 Å². The Kier molecular flexibility index (Phi) is 12.5. The lowest BCUT2D eigenvalue weighted by Crippen LogP contribution is -2.54. The first kappa shape index (κ1) is 32.6. The van der Waals surface area contributed by atoms with Crippen LogP contribution in [0.4, 0.5) is 0 Å². The molecule has 0 aromatic rings. The van der Waals surface area contributed by atoms with Gasteiger partial charge < -0.3 is 29.2 Å². The zero-order valence-electron chi connectivity index (χ0n) is 20.7. The van der Waals surface area contributed by atoms with Gasteiger partial charge in [0.15, 0.2) is 0 Å². The summed E-state index contributed by atoms with van der Waals surface area (Å²) in [6.07, 6.45) is 0. The van der Waals surface area contributed by atoms with Gasteiger partial charge in [0.05, 0.1) is 24.0 Å². The molecular formula is C21H34O10S3. The molecule has 0 aliphatic heterocycles. The molecule has 0 radical (unpaired) electrons. The maximum Gasteiger partial charge on any atom is 0.323 e. The summed E-state index contributed by atoms with van der Waals surface area (Å²) in [6.45, 7) is 8.19. The smallest absolute Gasteiger partial charge is 0.323 e. The molecule has 0 aromatic carbocycles. The van der Waals surface area contributed by atoms with E-state index in [4.69, 9.17) is 31.2 Å². The van der Waals surface area contributed by atoms with Crippen LogP contribution in [0.2, 0.25) is 0 Å². The summed E-state index contributed by atoms with van der Waals surface area (Å²) in [6, 6.07) is 0. The van der Waals surface area contributed by atoms with Gasteiger partial charge in [0.1, 0.15) is 26.2 Å². The second-order valence-corrected chi connectivity index (χ2v) is 12.7. The molecule has 13 heteroatoms. The van der Waals surface area contributed by atoms with E-state index in [2.05, 4.69) is 0 Å². The van der Waals surface area contributed by atoms with Crippen molar-refractivity contribution >= 4 is 63.1 Å². The highest BCUT2D eigenvalue weighted by atomic mass is 32.2. The van der Waals surface area contributed by atoms with Crippen LogP contribution < -0.4 is 0 Å². The summed E-state index contributed by atoms with van der Waals surface area (Å²) in [4.78, 5) is 50.0. The van der Waals surface area contributed by atoms with Crippen LogP contribution in [0, 0.1) is 10.8 Å². The number of esters is 2. The van der Waals surface area contributed by atoms with E-state index in [1.165, 1.54) is 55.8 Å². The monoisotopic (exact) mass is 542 g/mol. The molecule has 0 aromatic heterocycles. The quantitative estimate of drug-likeness (QED) is 0.189. The van der Waals surface area contributed by atoms with Gasteiger partial charge in [0, 0.05) is 14.2 Å². The lowest BCUT2D eigenvalue weighted by Gasteiger charge is -2.41. The third kappa shape index (κ3) is 7.30. The first-order valence-electron chi connectivity index (χ1n) is 10.2. The largest absolute Gasteiger partial charge is 0.481 e. The Morgan fingerprint density at radius 2 is 0.971 bits per heavy atom. The highest BCUT2D eigenvalue weighted by molar-refractivity contribution is 8.48. The standard InChI is InChI=1S/C21H34O10S3/c1-18(2,13(22)23)20(5,15(26)30-11-9-28-7)33-17(32)34-21(6,19(3,4)14(24)25)16(27)31-12-10-29-8/h9-12H2,1-8H3,(H,22,23)(H,24,25). The van der Waals surface area contributed by atoms with Crippen molar-refractivity contribution in [2.24, 2.45) is 10.8 Å². The van der Waals surface area contributed by atoms with Crippen LogP contribution in [0.3, 0.4) is 0 Å². The summed E-state index contributed by atoms with van der Waals surface area (Å²) in [7, 11) is 2.84. The van der Waals surface area contributed by atoms with E-state index in [0.29, 0.717) is 0 Å². The topological polar surface area (TPSA) is 146 Å². The van der Waals surface area contributed by atoms with Crippen LogP contribution in [0.5, 0.6) is 0 Å². The summed E-state index contributed by atoms with van der Waals surface area (Å²) in [5.74, 6) is -4.23. The summed E-state index contributed by atoms with van der Waals surface area (Å²) < 4.78 is 16.7. The van der Waals surface area contributed by atoms with Crippen molar-refractivity contribution < 1.29 is 48.3 Å². The number of ether oxygens (including phenoxy) is 4. The second kappa shape index (κ2) is 13.1. The minimum absolute atomic E-state index is 0.0268. The average Bonchev–Trinajstić information content (AvgIpc) is 2.72.